The Morgan fingerprint density at radius 3 is 1.96 bits per heavy atom. The summed E-state index contributed by atoms with van der Waals surface area (Å²) in [5, 5.41) is 2.92. The van der Waals surface area contributed by atoms with Gasteiger partial charge in [-0.2, -0.15) is 13.2 Å². The van der Waals surface area contributed by atoms with E-state index in [1.807, 2.05) is 0 Å². The van der Waals surface area contributed by atoms with Crippen molar-refractivity contribution in [1.82, 2.24) is 10.6 Å². The van der Waals surface area contributed by atoms with Crippen LogP contribution in [-0.2, 0) is 9.53 Å². The van der Waals surface area contributed by atoms with E-state index in [1.165, 1.54) is 47.8 Å². The number of benzene rings is 2. The minimum atomic E-state index is -5.43. The quantitative estimate of drug-likeness (QED) is 0.582. The fourth-order valence-electron chi connectivity index (χ4n) is 2.26. The molecule has 2 rings (SSSR count). The van der Waals surface area contributed by atoms with Crippen LogP contribution in [-0.4, -0.2) is 36.7 Å². The molecule has 0 saturated carbocycles. The Morgan fingerprint density at radius 1 is 0.893 bits per heavy atom. The molecule has 1 atom stereocenters. The second kappa shape index (κ2) is 8.30. The van der Waals surface area contributed by atoms with Crippen molar-refractivity contribution in [3.05, 3.63) is 70.7 Å². The van der Waals surface area contributed by atoms with Crippen molar-refractivity contribution in [3.8, 4) is 0 Å². The Balaban J connectivity index is 2.49. The highest BCUT2D eigenvalue weighted by Crippen LogP contribution is 2.31. The van der Waals surface area contributed by atoms with Gasteiger partial charge in [0.25, 0.3) is 11.8 Å². The molecule has 2 N–H and O–H groups in total. The first kappa shape index (κ1) is 21.2. The number of halogens is 4. The first-order valence-electron chi connectivity index (χ1n) is 7.72. The molecule has 0 heterocycles. The van der Waals surface area contributed by atoms with Crippen LogP contribution in [0.5, 0.6) is 0 Å². The number of carbonyl (C=O) groups excluding carboxylic acids is 3. The monoisotopic (exact) mass is 414 g/mol. The highest BCUT2D eigenvalue weighted by molar-refractivity contribution is 6.33. The molecule has 0 aliphatic rings. The SMILES string of the molecule is COC(=O)[C@](NC(=O)c1ccccc1)(NC(=O)c1ccccc1Cl)C(F)(F)F. The molecular weight excluding hydrogens is 401 g/mol. The lowest BCUT2D eigenvalue weighted by Gasteiger charge is -2.34. The van der Waals surface area contributed by atoms with Gasteiger partial charge < -0.3 is 15.4 Å². The molecule has 2 aromatic carbocycles. The molecule has 0 bridgehead atoms. The van der Waals surface area contributed by atoms with E-state index in [1.54, 1.807) is 11.4 Å². The fraction of sp³-hybridized carbons (Fsp3) is 0.167. The lowest BCUT2D eigenvalue weighted by Crippen LogP contribution is -2.73. The summed E-state index contributed by atoms with van der Waals surface area (Å²) in [5.41, 5.74) is -4.31. The van der Waals surface area contributed by atoms with Crippen LogP contribution in [0.25, 0.3) is 0 Å². The minimum absolute atomic E-state index is 0.143. The predicted molar refractivity (Wildman–Crippen MR) is 93.6 cm³/mol. The smallest absolute Gasteiger partial charge is 0.442 e. The Labute approximate surface area is 162 Å². The maximum atomic E-state index is 13.9. The number of amides is 2. The molecule has 0 unspecified atom stereocenters. The van der Waals surface area contributed by atoms with Gasteiger partial charge in [0.1, 0.15) is 0 Å². The molecule has 148 valence electrons. The molecule has 0 aliphatic carbocycles. The van der Waals surface area contributed by atoms with E-state index in [-0.39, 0.29) is 16.1 Å². The van der Waals surface area contributed by atoms with E-state index in [0.717, 1.165) is 6.07 Å². The van der Waals surface area contributed by atoms with Gasteiger partial charge in [-0.3, -0.25) is 9.59 Å². The summed E-state index contributed by atoms with van der Waals surface area (Å²) in [6.07, 6.45) is -5.43. The first-order valence-corrected chi connectivity index (χ1v) is 8.10. The number of esters is 1. The van der Waals surface area contributed by atoms with Crippen LogP contribution in [0.4, 0.5) is 13.2 Å². The first-order chi connectivity index (χ1) is 13.1. The molecule has 0 aliphatic heterocycles. The third-order valence-electron chi connectivity index (χ3n) is 3.67. The van der Waals surface area contributed by atoms with Crippen LogP contribution < -0.4 is 10.6 Å². The van der Waals surface area contributed by atoms with Crippen molar-refractivity contribution < 1.29 is 32.3 Å². The van der Waals surface area contributed by atoms with Crippen molar-refractivity contribution in [2.45, 2.75) is 11.8 Å². The molecule has 10 heteroatoms. The average Bonchev–Trinajstić information content (AvgIpc) is 2.66. The fourth-order valence-corrected chi connectivity index (χ4v) is 2.48. The van der Waals surface area contributed by atoms with Gasteiger partial charge in [-0.15, -0.1) is 0 Å². The Bertz CT molecular complexity index is 890. The van der Waals surface area contributed by atoms with Crippen molar-refractivity contribution in [2.24, 2.45) is 0 Å². The number of carbonyl (C=O) groups is 3. The zero-order valence-electron chi connectivity index (χ0n) is 14.3. The van der Waals surface area contributed by atoms with Crippen LogP contribution in [0, 0.1) is 0 Å². The summed E-state index contributed by atoms with van der Waals surface area (Å²) in [7, 11) is 0.694. The van der Waals surface area contributed by atoms with Gasteiger partial charge in [0.2, 0.25) is 0 Å². The topological polar surface area (TPSA) is 84.5 Å². The molecule has 0 fully saturated rings. The van der Waals surface area contributed by atoms with Crippen LogP contribution in [0.15, 0.2) is 54.6 Å². The third kappa shape index (κ3) is 4.25. The Hall–Kier alpha value is -3.07. The molecule has 2 amide bonds. The lowest BCUT2D eigenvalue weighted by atomic mass is 10.1. The van der Waals surface area contributed by atoms with Crippen LogP contribution >= 0.6 is 11.6 Å². The second-order valence-electron chi connectivity index (χ2n) is 5.49. The molecule has 0 saturated heterocycles. The summed E-state index contributed by atoms with van der Waals surface area (Å²) in [6, 6.07) is 12.2. The molecule has 0 aromatic heterocycles. The number of ether oxygens (including phenoxy) is 1. The summed E-state index contributed by atoms with van der Waals surface area (Å²) in [5.74, 6) is -4.51. The number of hydrogen-bond donors (Lipinski definition) is 2. The van der Waals surface area contributed by atoms with Gasteiger partial charge in [-0.05, 0) is 24.3 Å². The van der Waals surface area contributed by atoms with Gasteiger partial charge >= 0.3 is 17.8 Å². The molecule has 6 nitrogen and oxygen atoms in total. The Kier molecular flexibility index (Phi) is 6.30. The summed E-state index contributed by atoms with van der Waals surface area (Å²) >= 11 is 5.83. The molecule has 0 spiro atoms. The number of alkyl halides is 3. The van der Waals surface area contributed by atoms with Crippen LogP contribution in [0.1, 0.15) is 20.7 Å². The van der Waals surface area contributed by atoms with Crippen molar-refractivity contribution >= 4 is 29.4 Å². The van der Waals surface area contributed by atoms with Gasteiger partial charge in [-0.25, -0.2) is 4.79 Å². The summed E-state index contributed by atoms with van der Waals surface area (Å²) < 4.78 is 45.9. The van der Waals surface area contributed by atoms with E-state index < -0.39 is 29.6 Å². The minimum Gasteiger partial charge on any atom is -0.466 e. The number of methoxy groups -OCH3 is 1. The maximum absolute atomic E-state index is 13.9. The Morgan fingerprint density at radius 2 is 1.43 bits per heavy atom. The highest BCUT2D eigenvalue weighted by atomic mass is 35.5. The molecule has 28 heavy (non-hydrogen) atoms. The second-order valence-corrected chi connectivity index (χ2v) is 5.90. The van der Waals surface area contributed by atoms with E-state index in [9.17, 15) is 27.6 Å². The lowest BCUT2D eigenvalue weighted by molar-refractivity contribution is -0.214. The van der Waals surface area contributed by atoms with Gasteiger partial charge in [0.05, 0.1) is 17.7 Å². The van der Waals surface area contributed by atoms with Gasteiger partial charge in [0.15, 0.2) is 0 Å². The zero-order valence-corrected chi connectivity index (χ0v) is 15.1. The number of rotatable bonds is 5. The van der Waals surface area contributed by atoms with E-state index in [0.29, 0.717) is 7.11 Å². The predicted octanol–water partition coefficient (Wildman–Crippen LogP) is 2.93. The van der Waals surface area contributed by atoms with Crippen molar-refractivity contribution in [3.63, 3.8) is 0 Å². The zero-order chi connectivity index (χ0) is 20.9. The number of nitrogens with one attached hydrogen (secondary N) is 2. The summed E-state index contributed by atoms with van der Waals surface area (Å²) in [4.78, 5) is 36.8. The standard InChI is InChI=1S/C18H14ClF3N2O4/c1-28-16(27)17(18(20,21)22,23-14(25)11-7-3-2-4-8-11)24-15(26)12-9-5-6-10-13(12)19/h2-10H,1H3,(H,23,25)(H,24,26)/t17-/m0/s1. The highest BCUT2D eigenvalue weighted by Gasteiger charge is 2.64. The van der Waals surface area contributed by atoms with Crippen LogP contribution in [0.3, 0.4) is 0 Å². The van der Waals surface area contributed by atoms with Crippen molar-refractivity contribution in [1.29, 1.82) is 0 Å². The molecular formula is C18H14ClF3N2O4. The van der Waals surface area contributed by atoms with Gasteiger partial charge in [0, 0.05) is 5.56 Å². The normalized spacial score (nSPS) is 13.2. The largest absolute Gasteiger partial charge is 0.466 e. The van der Waals surface area contributed by atoms with Crippen LogP contribution in [0.2, 0.25) is 5.02 Å². The van der Waals surface area contributed by atoms with Crippen molar-refractivity contribution in [2.75, 3.05) is 7.11 Å². The van der Waals surface area contributed by atoms with Gasteiger partial charge in [-0.1, -0.05) is 41.9 Å². The summed E-state index contributed by atoms with van der Waals surface area (Å²) in [6.45, 7) is 0. The molecule has 2 aromatic rings. The molecule has 0 radical (unpaired) electrons. The third-order valence-corrected chi connectivity index (χ3v) is 4.00. The van der Waals surface area contributed by atoms with E-state index in [4.69, 9.17) is 11.6 Å². The van der Waals surface area contributed by atoms with E-state index >= 15 is 0 Å². The van der Waals surface area contributed by atoms with E-state index in [2.05, 4.69) is 4.74 Å². The average molecular weight is 415 g/mol. The maximum Gasteiger partial charge on any atom is 0.442 e. The number of hydrogen-bond acceptors (Lipinski definition) is 4.